The molecule has 90 valence electrons. The summed E-state index contributed by atoms with van der Waals surface area (Å²) in [5, 5.41) is 12.0. The number of aliphatic carboxylic acids is 1. The third-order valence-electron chi connectivity index (χ3n) is 2.86. The molecule has 0 fully saturated rings. The molecule has 1 atom stereocenters. The number of fused-ring (bicyclic) bond motifs is 1. The Bertz CT molecular complexity index is 470. The summed E-state index contributed by atoms with van der Waals surface area (Å²) in [6.07, 6.45) is 0.712. The number of rotatable bonds is 2. The Morgan fingerprint density at radius 2 is 2.24 bits per heavy atom. The molecule has 0 aromatic heterocycles. The molecule has 0 radical (unpaired) electrons. The van der Waals surface area contributed by atoms with Crippen LogP contribution < -0.4 is 5.32 Å². The van der Waals surface area contributed by atoms with E-state index in [1.165, 1.54) is 7.11 Å². The Kier molecular flexibility index (Phi) is 3.10. The van der Waals surface area contributed by atoms with Crippen LogP contribution in [0.2, 0.25) is 0 Å². The van der Waals surface area contributed by atoms with Crippen molar-refractivity contribution in [3.05, 3.63) is 34.9 Å². The van der Waals surface area contributed by atoms with Gasteiger partial charge < -0.3 is 15.2 Å². The average Bonchev–Trinajstić information content (AvgIpc) is 2.36. The summed E-state index contributed by atoms with van der Waals surface area (Å²) in [6.45, 7) is 0.592. The molecule has 2 rings (SSSR count). The zero-order chi connectivity index (χ0) is 12.4. The Hall–Kier alpha value is -1.88. The smallest absolute Gasteiger partial charge is 0.337 e. The first-order valence-corrected chi connectivity index (χ1v) is 5.31. The number of ether oxygens (including phenoxy) is 1. The first-order valence-electron chi connectivity index (χ1n) is 5.31. The number of nitrogens with one attached hydrogen (secondary N) is 1. The number of carbonyl (C=O) groups is 2. The van der Waals surface area contributed by atoms with E-state index in [-0.39, 0.29) is 0 Å². The predicted octanol–water partition coefficient (Wildman–Crippen LogP) is 0.745. The lowest BCUT2D eigenvalue weighted by atomic mass is 9.92. The highest BCUT2D eigenvalue weighted by atomic mass is 16.5. The normalized spacial score (nSPS) is 18.3. The highest BCUT2D eigenvalue weighted by Gasteiger charge is 2.26. The SMILES string of the molecule is COC(=O)c1ccc2c(c1)CCNC2C(=O)O. The molecule has 5 heteroatoms. The van der Waals surface area contributed by atoms with Gasteiger partial charge in [0.25, 0.3) is 0 Å². The van der Waals surface area contributed by atoms with Gasteiger partial charge in [0, 0.05) is 6.54 Å². The molecular weight excluding hydrogens is 222 g/mol. The number of carboxylic acid groups (broad SMARTS) is 1. The minimum Gasteiger partial charge on any atom is -0.480 e. The predicted molar refractivity (Wildman–Crippen MR) is 59.9 cm³/mol. The lowest BCUT2D eigenvalue weighted by Crippen LogP contribution is -2.35. The minimum absolute atomic E-state index is 0.404. The van der Waals surface area contributed by atoms with E-state index in [0.717, 1.165) is 11.1 Å². The van der Waals surface area contributed by atoms with Crippen LogP contribution in [0.4, 0.5) is 0 Å². The zero-order valence-corrected chi connectivity index (χ0v) is 9.40. The van der Waals surface area contributed by atoms with Crippen molar-refractivity contribution >= 4 is 11.9 Å². The molecule has 17 heavy (non-hydrogen) atoms. The lowest BCUT2D eigenvalue weighted by molar-refractivity contribution is -0.139. The molecule has 1 aromatic carbocycles. The number of hydrogen-bond acceptors (Lipinski definition) is 4. The van der Waals surface area contributed by atoms with Crippen molar-refractivity contribution in [1.29, 1.82) is 0 Å². The molecule has 0 saturated heterocycles. The average molecular weight is 235 g/mol. The summed E-state index contributed by atoms with van der Waals surface area (Å²) in [6, 6.07) is 4.28. The second-order valence-corrected chi connectivity index (χ2v) is 3.88. The molecule has 0 bridgehead atoms. The lowest BCUT2D eigenvalue weighted by Gasteiger charge is -2.24. The van der Waals surface area contributed by atoms with Gasteiger partial charge in [-0.2, -0.15) is 0 Å². The van der Waals surface area contributed by atoms with Gasteiger partial charge in [0.15, 0.2) is 0 Å². The Labute approximate surface area is 98.4 Å². The van der Waals surface area contributed by atoms with Crippen molar-refractivity contribution in [2.45, 2.75) is 12.5 Å². The maximum Gasteiger partial charge on any atom is 0.337 e. The van der Waals surface area contributed by atoms with Gasteiger partial charge in [-0.25, -0.2) is 4.79 Å². The fourth-order valence-corrected chi connectivity index (χ4v) is 2.03. The summed E-state index contributed by atoms with van der Waals surface area (Å²) in [4.78, 5) is 22.4. The van der Waals surface area contributed by atoms with Gasteiger partial charge in [0.1, 0.15) is 6.04 Å². The molecule has 1 heterocycles. The summed E-state index contributed by atoms with van der Waals surface area (Å²) in [5.74, 6) is -1.31. The van der Waals surface area contributed by atoms with Crippen LogP contribution in [0.5, 0.6) is 0 Å². The first kappa shape index (κ1) is 11.6. The quantitative estimate of drug-likeness (QED) is 0.739. The second kappa shape index (κ2) is 4.55. The van der Waals surface area contributed by atoms with Crippen LogP contribution in [0, 0.1) is 0 Å². The van der Waals surface area contributed by atoms with Crippen molar-refractivity contribution in [2.75, 3.05) is 13.7 Å². The van der Waals surface area contributed by atoms with Crippen molar-refractivity contribution in [3.8, 4) is 0 Å². The van der Waals surface area contributed by atoms with Crippen LogP contribution in [-0.4, -0.2) is 30.7 Å². The van der Waals surface area contributed by atoms with Crippen molar-refractivity contribution in [1.82, 2.24) is 5.32 Å². The summed E-state index contributed by atoms with van der Waals surface area (Å²) in [5.41, 5.74) is 2.06. The van der Waals surface area contributed by atoms with Crippen LogP contribution in [0.15, 0.2) is 18.2 Å². The maximum absolute atomic E-state index is 11.4. The van der Waals surface area contributed by atoms with E-state index < -0.39 is 18.0 Å². The zero-order valence-electron chi connectivity index (χ0n) is 9.40. The molecule has 0 amide bonds. The third-order valence-corrected chi connectivity index (χ3v) is 2.86. The Morgan fingerprint density at radius 3 is 2.88 bits per heavy atom. The number of carboxylic acids is 1. The molecular formula is C12H13NO4. The van der Waals surface area contributed by atoms with Crippen molar-refractivity contribution in [3.63, 3.8) is 0 Å². The maximum atomic E-state index is 11.4. The topological polar surface area (TPSA) is 75.6 Å². The molecule has 5 nitrogen and oxygen atoms in total. The molecule has 0 saturated carbocycles. The highest BCUT2D eigenvalue weighted by molar-refractivity contribution is 5.90. The van der Waals surface area contributed by atoms with E-state index in [1.54, 1.807) is 18.2 Å². The molecule has 1 aromatic rings. The minimum atomic E-state index is -0.906. The standard InChI is InChI=1S/C12H13NO4/c1-17-12(16)8-2-3-9-7(6-8)4-5-13-10(9)11(14)15/h2-3,6,10,13H,4-5H2,1H3,(H,14,15). The number of carbonyl (C=O) groups excluding carboxylic acids is 1. The van der Waals surface area contributed by atoms with E-state index in [9.17, 15) is 9.59 Å². The summed E-state index contributed by atoms with van der Waals surface area (Å²) < 4.78 is 4.63. The second-order valence-electron chi connectivity index (χ2n) is 3.88. The van der Waals surface area contributed by atoms with Gasteiger partial charge in [0.2, 0.25) is 0 Å². The van der Waals surface area contributed by atoms with Gasteiger partial charge in [-0.05, 0) is 29.7 Å². The number of methoxy groups -OCH3 is 1. The Balaban J connectivity index is 2.39. The van der Waals surface area contributed by atoms with E-state index in [2.05, 4.69) is 10.1 Å². The van der Waals surface area contributed by atoms with Crippen molar-refractivity contribution in [2.24, 2.45) is 0 Å². The monoisotopic (exact) mass is 235 g/mol. The highest BCUT2D eigenvalue weighted by Crippen LogP contribution is 2.24. The van der Waals surface area contributed by atoms with Crippen LogP contribution in [0.25, 0.3) is 0 Å². The summed E-state index contributed by atoms with van der Waals surface area (Å²) >= 11 is 0. The molecule has 1 aliphatic heterocycles. The van der Waals surface area contributed by atoms with Crippen molar-refractivity contribution < 1.29 is 19.4 Å². The molecule has 0 spiro atoms. The molecule has 0 aliphatic carbocycles. The van der Waals surface area contributed by atoms with Gasteiger partial charge in [0.05, 0.1) is 12.7 Å². The van der Waals surface area contributed by atoms with Gasteiger partial charge in [-0.15, -0.1) is 0 Å². The summed E-state index contributed by atoms with van der Waals surface area (Å²) in [7, 11) is 1.32. The van der Waals surface area contributed by atoms with Crippen LogP contribution in [0.3, 0.4) is 0 Å². The van der Waals surface area contributed by atoms with Gasteiger partial charge in [-0.3, -0.25) is 4.79 Å². The number of benzene rings is 1. The first-order chi connectivity index (χ1) is 8.13. The number of hydrogen-bond donors (Lipinski definition) is 2. The largest absolute Gasteiger partial charge is 0.480 e. The fourth-order valence-electron chi connectivity index (χ4n) is 2.03. The van der Waals surface area contributed by atoms with E-state index >= 15 is 0 Å². The number of esters is 1. The third kappa shape index (κ3) is 2.14. The van der Waals surface area contributed by atoms with Crippen LogP contribution in [0.1, 0.15) is 27.5 Å². The van der Waals surface area contributed by atoms with Gasteiger partial charge >= 0.3 is 11.9 Å². The van der Waals surface area contributed by atoms with E-state index in [0.29, 0.717) is 18.5 Å². The fraction of sp³-hybridized carbons (Fsp3) is 0.333. The van der Waals surface area contributed by atoms with Crippen LogP contribution in [-0.2, 0) is 16.0 Å². The molecule has 1 unspecified atom stereocenters. The molecule has 2 N–H and O–H groups in total. The van der Waals surface area contributed by atoms with Crippen LogP contribution >= 0.6 is 0 Å². The Morgan fingerprint density at radius 1 is 1.47 bits per heavy atom. The van der Waals surface area contributed by atoms with Gasteiger partial charge in [-0.1, -0.05) is 6.07 Å². The van der Waals surface area contributed by atoms with E-state index in [4.69, 9.17) is 5.11 Å². The van der Waals surface area contributed by atoms with E-state index in [1.807, 2.05) is 0 Å². The molecule has 1 aliphatic rings.